The number of hydrogen-bond acceptors (Lipinski definition) is 6. The van der Waals surface area contributed by atoms with Crippen molar-refractivity contribution >= 4 is 11.9 Å². The van der Waals surface area contributed by atoms with Crippen LogP contribution in [0.2, 0.25) is 0 Å². The lowest BCUT2D eigenvalue weighted by molar-refractivity contribution is -0.207. The van der Waals surface area contributed by atoms with Gasteiger partial charge in [0.05, 0.1) is 0 Å². The van der Waals surface area contributed by atoms with E-state index in [1.807, 2.05) is 12.1 Å². The Bertz CT molecular complexity index is 1050. The molecule has 0 aliphatic heterocycles. The normalized spacial score (nSPS) is 42.1. The Labute approximate surface area is 238 Å². The summed E-state index contributed by atoms with van der Waals surface area (Å²) in [5, 5.41) is 0. The number of carbonyl (C=O) groups is 2. The second-order valence-electron chi connectivity index (χ2n) is 14.6. The van der Waals surface area contributed by atoms with Gasteiger partial charge in [-0.25, -0.2) is 9.59 Å². The zero-order valence-corrected chi connectivity index (χ0v) is 24.5. The molecule has 1 aromatic rings. The molecule has 0 heterocycles. The second-order valence-corrected chi connectivity index (χ2v) is 14.6. The van der Waals surface area contributed by atoms with Gasteiger partial charge in [0.25, 0.3) is 0 Å². The highest BCUT2D eigenvalue weighted by atomic mass is 16.6. The van der Waals surface area contributed by atoms with Crippen molar-refractivity contribution in [3.63, 3.8) is 0 Å². The van der Waals surface area contributed by atoms with Crippen molar-refractivity contribution in [3.05, 3.63) is 23.8 Å². The van der Waals surface area contributed by atoms with E-state index in [2.05, 4.69) is 20.8 Å². The Kier molecular flexibility index (Phi) is 6.62. The molecule has 8 fully saturated rings. The summed E-state index contributed by atoms with van der Waals surface area (Å²) in [7, 11) is 0. The number of carbonyl (C=O) groups excluding carboxylic acids is 2. The Morgan fingerprint density at radius 3 is 1.45 bits per heavy atom. The number of esters is 2. The van der Waals surface area contributed by atoms with Gasteiger partial charge in [0.1, 0.15) is 22.7 Å². The highest BCUT2D eigenvalue weighted by Crippen LogP contribution is 2.61. The van der Waals surface area contributed by atoms with Crippen LogP contribution in [-0.2, 0) is 25.5 Å². The Morgan fingerprint density at radius 1 is 0.675 bits per heavy atom. The molecular formula is C34H46O6. The summed E-state index contributed by atoms with van der Waals surface area (Å²) in [4.78, 5) is 26.0. The van der Waals surface area contributed by atoms with Gasteiger partial charge >= 0.3 is 11.9 Å². The van der Waals surface area contributed by atoms with E-state index in [4.69, 9.17) is 18.9 Å². The average Bonchev–Trinajstić information content (AvgIpc) is 2.91. The lowest BCUT2D eigenvalue weighted by Crippen LogP contribution is -2.58. The van der Waals surface area contributed by atoms with E-state index in [0.717, 1.165) is 37.7 Å². The van der Waals surface area contributed by atoms with Gasteiger partial charge in [-0.15, -0.1) is 0 Å². The molecule has 6 nitrogen and oxygen atoms in total. The standard InChI is InChI=1S/C34H46O6/c1-4-22-11-29(37-18-31(35)39-33-14-23-5-24(15-33)8-27(7-23)20(33)2)13-30(12-22)38-19-32(36)40-34-16-25-6-26(17-34)10-28(9-25)21(34)3/h11-13,20-21,23-28H,4-10,14-19H2,1-3H3. The Morgan fingerprint density at radius 2 is 1.07 bits per heavy atom. The van der Waals surface area contributed by atoms with E-state index in [1.54, 1.807) is 6.07 Å². The third-order valence-electron chi connectivity index (χ3n) is 12.2. The van der Waals surface area contributed by atoms with Crippen LogP contribution in [0.3, 0.4) is 0 Å². The van der Waals surface area contributed by atoms with Gasteiger partial charge in [0, 0.05) is 6.07 Å². The third-order valence-corrected chi connectivity index (χ3v) is 12.2. The van der Waals surface area contributed by atoms with Crippen LogP contribution in [0.1, 0.15) is 90.5 Å². The fourth-order valence-electron chi connectivity index (χ4n) is 10.6. The molecule has 1 aromatic carbocycles. The molecule has 6 heteroatoms. The van der Waals surface area contributed by atoms with E-state index < -0.39 is 0 Å². The van der Waals surface area contributed by atoms with Crippen LogP contribution in [0.15, 0.2) is 18.2 Å². The fourth-order valence-corrected chi connectivity index (χ4v) is 10.6. The molecule has 218 valence electrons. The zero-order valence-electron chi connectivity index (χ0n) is 24.5. The first kappa shape index (κ1) is 26.6. The summed E-state index contributed by atoms with van der Waals surface area (Å²) in [6.07, 6.45) is 12.6. The minimum absolute atomic E-state index is 0.118. The van der Waals surface area contributed by atoms with Crippen molar-refractivity contribution in [3.8, 4) is 11.5 Å². The molecule has 40 heavy (non-hydrogen) atoms. The molecule has 0 spiro atoms. The first-order valence-corrected chi connectivity index (χ1v) is 16.1. The van der Waals surface area contributed by atoms with Gasteiger partial charge in [0.2, 0.25) is 0 Å². The first-order valence-electron chi connectivity index (χ1n) is 16.1. The number of ether oxygens (including phenoxy) is 4. The van der Waals surface area contributed by atoms with Crippen LogP contribution >= 0.6 is 0 Å². The second kappa shape index (κ2) is 9.94. The summed E-state index contributed by atoms with van der Waals surface area (Å²) >= 11 is 0. The monoisotopic (exact) mass is 550 g/mol. The minimum atomic E-state index is -0.302. The smallest absolute Gasteiger partial charge is 0.344 e. The fraction of sp³-hybridized carbons (Fsp3) is 0.765. The number of rotatable bonds is 9. The number of hydrogen-bond donors (Lipinski definition) is 0. The summed E-state index contributed by atoms with van der Waals surface area (Å²) in [5.41, 5.74) is 0.422. The van der Waals surface area contributed by atoms with Gasteiger partial charge in [-0.05, 0) is 136 Å². The van der Waals surface area contributed by atoms with Gasteiger partial charge in [-0.1, -0.05) is 20.8 Å². The molecule has 8 bridgehead atoms. The highest BCUT2D eigenvalue weighted by Gasteiger charge is 2.58. The molecular weight excluding hydrogens is 504 g/mol. The van der Waals surface area contributed by atoms with Crippen LogP contribution in [0.4, 0.5) is 0 Å². The van der Waals surface area contributed by atoms with Gasteiger partial charge in [-0.3, -0.25) is 0 Å². The molecule has 8 aliphatic rings. The van der Waals surface area contributed by atoms with Crippen molar-refractivity contribution in [1.29, 1.82) is 0 Å². The van der Waals surface area contributed by atoms with Crippen molar-refractivity contribution in [2.24, 2.45) is 47.3 Å². The SMILES string of the molecule is CCc1cc(OCC(=O)OC23CC4CC(CC(C4)C2C)C3)cc(OCC(=O)OC23CC4CC(CC(C4)C2C)C3)c1. The van der Waals surface area contributed by atoms with E-state index in [1.165, 1.54) is 38.5 Å². The summed E-state index contributed by atoms with van der Waals surface area (Å²) < 4.78 is 24.3. The number of benzene rings is 1. The predicted molar refractivity (Wildman–Crippen MR) is 150 cm³/mol. The van der Waals surface area contributed by atoms with Crippen LogP contribution in [0.5, 0.6) is 11.5 Å². The maximum Gasteiger partial charge on any atom is 0.344 e. The molecule has 6 unspecified atom stereocenters. The number of aryl methyl sites for hydroxylation is 1. The van der Waals surface area contributed by atoms with Gasteiger partial charge in [0.15, 0.2) is 13.2 Å². The minimum Gasteiger partial charge on any atom is -0.482 e. The van der Waals surface area contributed by atoms with E-state index >= 15 is 0 Å². The molecule has 0 N–H and O–H groups in total. The van der Waals surface area contributed by atoms with Crippen molar-refractivity contribution in [2.75, 3.05) is 13.2 Å². The molecule has 0 amide bonds. The third kappa shape index (κ3) is 4.71. The summed E-state index contributed by atoms with van der Waals surface area (Å²) in [6, 6.07) is 5.63. The van der Waals surface area contributed by atoms with Crippen LogP contribution in [-0.4, -0.2) is 36.4 Å². The van der Waals surface area contributed by atoms with Gasteiger partial charge < -0.3 is 18.9 Å². The molecule has 8 saturated carbocycles. The van der Waals surface area contributed by atoms with Crippen molar-refractivity contribution in [2.45, 2.75) is 103 Å². The molecule has 9 rings (SSSR count). The topological polar surface area (TPSA) is 71.1 Å². The first-order chi connectivity index (χ1) is 19.2. The maximum atomic E-state index is 13.0. The Hall–Kier alpha value is -2.24. The van der Waals surface area contributed by atoms with Gasteiger partial charge in [-0.2, -0.15) is 0 Å². The lowest BCUT2D eigenvalue weighted by atomic mass is 9.50. The van der Waals surface area contributed by atoms with Crippen LogP contribution in [0, 0.1) is 47.3 Å². The maximum absolute atomic E-state index is 13.0. The van der Waals surface area contributed by atoms with Crippen LogP contribution < -0.4 is 9.47 Å². The van der Waals surface area contributed by atoms with E-state index in [0.29, 0.717) is 58.8 Å². The largest absolute Gasteiger partial charge is 0.482 e. The quantitative estimate of drug-likeness (QED) is 0.326. The molecule has 0 radical (unpaired) electrons. The van der Waals surface area contributed by atoms with E-state index in [9.17, 15) is 9.59 Å². The van der Waals surface area contributed by atoms with E-state index in [-0.39, 0.29) is 36.4 Å². The summed E-state index contributed by atoms with van der Waals surface area (Å²) in [6.45, 7) is 6.38. The molecule has 6 atom stereocenters. The summed E-state index contributed by atoms with van der Waals surface area (Å²) in [5.74, 6) is 5.63. The molecule has 8 aliphatic carbocycles. The van der Waals surface area contributed by atoms with Crippen LogP contribution in [0.25, 0.3) is 0 Å². The highest BCUT2D eigenvalue weighted by molar-refractivity contribution is 5.72. The predicted octanol–water partition coefficient (Wildman–Crippen LogP) is 6.52. The average molecular weight is 551 g/mol. The Balaban J connectivity index is 0.952. The molecule has 0 saturated heterocycles. The van der Waals surface area contributed by atoms with Crippen molar-refractivity contribution < 1.29 is 28.5 Å². The zero-order chi connectivity index (χ0) is 27.6. The van der Waals surface area contributed by atoms with Crippen molar-refractivity contribution in [1.82, 2.24) is 0 Å². The lowest BCUT2D eigenvalue weighted by Gasteiger charge is -2.59. The molecule has 0 aromatic heterocycles.